The molecule has 3 aliphatic carbocycles. The molecule has 1 aromatic rings. The minimum atomic E-state index is -0.717. The van der Waals surface area contributed by atoms with Gasteiger partial charge in [-0.05, 0) is 106 Å². The molecule has 2 atom stereocenters. The molecule has 5 rings (SSSR count). The van der Waals surface area contributed by atoms with Crippen LogP contribution in [0.15, 0.2) is 30.9 Å². The molecule has 2 unspecified atom stereocenters. The molecule has 1 heterocycles. The Hall–Kier alpha value is -1.48. The standard InChI is InChI=1S/C30H40F2O/c1-2-3-4-20-5-7-21(8-6-20)22-9-11-23(12-10-22)24-13-15-25(16-14-24)26-17-18-27(28-19-33-28)30(32)29(26)31/h2,15,17-18,20-24,28H,1,3-14,16,19H2. The van der Waals surface area contributed by atoms with E-state index in [0.717, 1.165) is 54.4 Å². The summed E-state index contributed by atoms with van der Waals surface area (Å²) in [5.41, 5.74) is 1.82. The summed E-state index contributed by atoms with van der Waals surface area (Å²) in [6.07, 6.45) is 20.9. The fourth-order valence-corrected chi connectivity index (χ4v) is 7.21. The zero-order valence-electron chi connectivity index (χ0n) is 20.0. The van der Waals surface area contributed by atoms with Gasteiger partial charge in [0.1, 0.15) is 6.10 Å². The predicted molar refractivity (Wildman–Crippen MR) is 131 cm³/mol. The lowest BCUT2D eigenvalue weighted by atomic mass is 9.65. The summed E-state index contributed by atoms with van der Waals surface area (Å²) in [6.45, 7) is 4.38. The van der Waals surface area contributed by atoms with Gasteiger partial charge in [-0.2, -0.15) is 0 Å². The molecule has 0 radical (unpaired) electrons. The van der Waals surface area contributed by atoms with Crippen LogP contribution in [0, 0.1) is 41.2 Å². The van der Waals surface area contributed by atoms with Crippen LogP contribution >= 0.6 is 0 Å². The highest BCUT2D eigenvalue weighted by Gasteiger charge is 2.34. The van der Waals surface area contributed by atoms with E-state index in [1.807, 2.05) is 0 Å². The van der Waals surface area contributed by atoms with E-state index < -0.39 is 11.6 Å². The van der Waals surface area contributed by atoms with Crippen molar-refractivity contribution in [2.75, 3.05) is 6.61 Å². The third kappa shape index (κ3) is 5.29. The lowest BCUT2D eigenvalue weighted by Crippen LogP contribution is -2.28. The van der Waals surface area contributed by atoms with Crippen LogP contribution in [0.5, 0.6) is 0 Å². The highest BCUT2D eigenvalue weighted by Crippen LogP contribution is 2.46. The minimum Gasteiger partial charge on any atom is -0.368 e. The van der Waals surface area contributed by atoms with Gasteiger partial charge >= 0.3 is 0 Å². The molecule has 3 heteroatoms. The van der Waals surface area contributed by atoms with Crippen molar-refractivity contribution in [1.82, 2.24) is 0 Å². The van der Waals surface area contributed by atoms with Gasteiger partial charge in [0.15, 0.2) is 11.6 Å². The lowest BCUT2D eigenvalue weighted by molar-refractivity contribution is 0.121. The average molecular weight is 455 g/mol. The summed E-state index contributed by atoms with van der Waals surface area (Å²) in [7, 11) is 0. The Kier molecular flexibility index (Phi) is 7.35. The number of rotatable bonds is 7. The molecule has 1 nitrogen and oxygen atoms in total. The van der Waals surface area contributed by atoms with Gasteiger partial charge in [-0.3, -0.25) is 0 Å². The molecule has 1 aromatic carbocycles. The topological polar surface area (TPSA) is 12.5 Å². The zero-order chi connectivity index (χ0) is 22.8. The number of halogens is 2. The molecular weight excluding hydrogens is 414 g/mol. The first-order valence-corrected chi connectivity index (χ1v) is 13.5. The first kappa shape index (κ1) is 23.3. The van der Waals surface area contributed by atoms with Crippen molar-refractivity contribution in [3.05, 3.63) is 53.6 Å². The number of ether oxygens (including phenoxy) is 1. The monoisotopic (exact) mass is 454 g/mol. The van der Waals surface area contributed by atoms with Crippen LogP contribution in [0.25, 0.3) is 5.57 Å². The first-order valence-electron chi connectivity index (χ1n) is 13.5. The molecule has 0 bridgehead atoms. The molecule has 1 saturated heterocycles. The van der Waals surface area contributed by atoms with Gasteiger partial charge in [-0.1, -0.05) is 37.1 Å². The molecule has 180 valence electrons. The zero-order valence-corrected chi connectivity index (χ0v) is 20.0. The van der Waals surface area contributed by atoms with Crippen molar-refractivity contribution in [2.45, 2.75) is 89.6 Å². The third-order valence-electron chi connectivity index (χ3n) is 9.41. The Labute approximate surface area is 198 Å². The van der Waals surface area contributed by atoms with Crippen molar-refractivity contribution in [1.29, 1.82) is 0 Å². The van der Waals surface area contributed by atoms with Gasteiger partial charge in [0.05, 0.1) is 6.61 Å². The van der Waals surface area contributed by atoms with Crippen LogP contribution in [0.1, 0.15) is 101 Å². The number of hydrogen-bond acceptors (Lipinski definition) is 1. The fraction of sp³-hybridized carbons (Fsp3) is 0.667. The van der Waals surface area contributed by atoms with Gasteiger partial charge in [0, 0.05) is 11.1 Å². The fourth-order valence-electron chi connectivity index (χ4n) is 7.21. The van der Waals surface area contributed by atoms with Crippen molar-refractivity contribution >= 4 is 5.57 Å². The smallest absolute Gasteiger partial charge is 0.166 e. The number of hydrogen-bond donors (Lipinski definition) is 0. The summed E-state index contributed by atoms with van der Waals surface area (Å²) in [4.78, 5) is 0. The molecule has 0 spiro atoms. The van der Waals surface area contributed by atoms with E-state index in [4.69, 9.17) is 4.74 Å². The maximum Gasteiger partial charge on any atom is 0.166 e. The number of benzene rings is 1. The Balaban J connectivity index is 1.11. The van der Waals surface area contributed by atoms with Crippen LogP contribution in [-0.2, 0) is 4.74 Å². The second-order valence-electron chi connectivity index (χ2n) is 11.2. The second-order valence-corrected chi connectivity index (χ2v) is 11.2. The van der Waals surface area contributed by atoms with Crippen molar-refractivity contribution in [3.63, 3.8) is 0 Å². The average Bonchev–Trinajstić information content (AvgIpc) is 3.70. The van der Waals surface area contributed by atoms with Crippen molar-refractivity contribution < 1.29 is 13.5 Å². The molecule has 1 aliphatic heterocycles. The molecule has 33 heavy (non-hydrogen) atoms. The Morgan fingerprint density at radius 2 is 1.48 bits per heavy atom. The third-order valence-corrected chi connectivity index (χ3v) is 9.41. The van der Waals surface area contributed by atoms with Crippen LogP contribution < -0.4 is 0 Å². The molecule has 3 fully saturated rings. The first-order chi connectivity index (χ1) is 16.1. The van der Waals surface area contributed by atoms with E-state index in [9.17, 15) is 8.78 Å². The van der Waals surface area contributed by atoms with Gasteiger partial charge in [0.25, 0.3) is 0 Å². The molecule has 2 saturated carbocycles. The van der Waals surface area contributed by atoms with Crippen LogP contribution in [0.3, 0.4) is 0 Å². The largest absolute Gasteiger partial charge is 0.368 e. The normalized spacial score (nSPS) is 34.5. The van der Waals surface area contributed by atoms with Gasteiger partial charge in [-0.15, -0.1) is 6.58 Å². The molecule has 0 amide bonds. The van der Waals surface area contributed by atoms with Crippen LogP contribution in [-0.4, -0.2) is 6.61 Å². The highest BCUT2D eigenvalue weighted by atomic mass is 19.2. The Bertz CT molecular complexity index is 854. The Morgan fingerprint density at radius 3 is 2.06 bits per heavy atom. The van der Waals surface area contributed by atoms with Gasteiger partial charge in [0.2, 0.25) is 0 Å². The molecular formula is C30H40F2O. The minimum absolute atomic E-state index is 0.249. The van der Waals surface area contributed by atoms with Crippen LogP contribution in [0.4, 0.5) is 8.78 Å². The summed E-state index contributed by atoms with van der Waals surface area (Å²) in [5.74, 6) is 2.98. The molecule has 0 aromatic heterocycles. The van der Waals surface area contributed by atoms with Gasteiger partial charge in [-0.25, -0.2) is 8.78 Å². The van der Waals surface area contributed by atoms with E-state index in [2.05, 4.69) is 18.7 Å². The highest BCUT2D eigenvalue weighted by molar-refractivity contribution is 5.67. The number of allylic oxidation sites excluding steroid dienone is 3. The quantitative estimate of drug-likeness (QED) is 0.296. The molecule has 4 aliphatic rings. The number of epoxide rings is 1. The predicted octanol–water partition coefficient (Wildman–Crippen LogP) is 8.80. The van der Waals surface area contributed by atoms with Gasteiger partial charge < -0.3 is 4.74 Å². The summed E-state index contributed by atoms with van der Waals surface area (Å²) >= 11 is 0. The summed E-state index contributed by atoms with van der Waals surface area (Å²) in [5, 5.41) is 0. The summed E-state index contributed by atoms with van der Waals surface area (Å²) < 4.78 is 34.3. The Morgan fingerprint density at radius 1 is 0.848 bits per heavy atom. The van der Waals surface area contributed by atoms with Crippen molar-refractivity contribution in [3.8, 4) is 0 Å². The van der Waals surface area contributed by atoms with E-state index in [-0.39, 0.29) is 6.10 Å². The maximum absolute atomic E-state index is 14.7. The van der Waals surface area contributed by atoms with Crippen molar-refractivity contribution in [2.24, 2.45) is 29.6 Å². The molecule has 0 N–H and O–H groups in total. The second kappa shape index (κ2) is 10.4. The van der Waals surface area contributed by atoms with E-state index in [0.29, 0.717) is 17.7 Å². The van der Waals surface area contributed by atoms with Crippen LogP contribution in [0.2, 0.25) is 0 Å². The van der Waals surface area contributed by atoms with E-state index in [1.54, 1.807) is 12.1 Å². The summed E-state index contributed by atoms with van der Waals surface area (Å²) in [6, 6.07) is 3.48. The maximum atomic E-state index is 14.7. The van der Waals surface area contributed by atoms with E-state index in [1.165, 1.54) is 64.2 Å². The lowest BCUT2D eigenvalue weighted by Gasteiger charge is -2.40. The van der Waals surface area contributed by atoms with E-state index >= 15 is 0 Å². The SMILES string of the molecule is C=CCCC1CCC(C2CCC(C3CC=C(c4ccc(C5CO5)c(F)c4F)CC3)CC2)CC1.